The minimum absolute atomic E-state index is 0.0696. The normalized spacial score (nSPS) is 18.3. The van der Waals surface area contributed by atoms with E-state index in [-0.39, 0.29) is 74.6 Å². The second kappa shape index (κ2) is 10.8. The Morgan fingerprint density at radius 3 is 2.26 bits per heavy atom. The van der Waals surface area contributed by atoms with Crippen LogP contribution in [0.5, 0.6) is 0 Å². The molecule has 0 unspecified atom stereocenters. The molecular formula is C27H32F4N4O3. The van der Waals surface area contributed by atoms with Gasteiger partial charge in [0.2, 0.25) is 5.92 Å². The van der Waals surface area contributed by atoms with Gasteiger partial charge in [-0.1, -0.05) is 0 Å². The van der Waals surface area contributed by atoms with Crippen LogP contribution < -0.4 is 5.32 Å². The quantitative estimate of drug-likeness (QED) is 0.461. The molecule has 0 radical (unpaired) electrons. The van der Waals surface area contributed by atoms with Gasteiger partial charge in [-0.25, -0.2) is 27.2 Å². The van der Waals surface area contributed by atoms with Crippen LogP contribution in [0, 0.1) is 11.6 Å². The lowest BCUT2D eigenvalue weighted by Gasteiger charge is -2.36. The van der Waals surface area contributed by atoms with Gasteiger partial charge in [-0.2, -0.15) is 0 Å². The summed E-state index contributed by atoms with van der Waals surface area (Å²) in [6.45, 7) is 6.27. The number of nitrogens with zero attached hydrogens (tertiary/aromatic N) is 3. The largest absolute Gasteiger partial charge is 0.444 e. The predicted molar refractivity (Wildman–Crippen MR) is 134 cm³/mol. The minimum atomic E-state index is -2.76. The fourth-order valence-corrected chi connectivity index (χ4v) is 4.77. The molecule has 2 fully saturated rings. The van der Waals surface area contributed by atoms with Gasteiger partial charge in [0.25, 0.3) is 0 Å². The molecule has 1 saturated carbocycles. The van der Waals surface area contributed by atoms with E-state index in [1.54, 1.807) is 20.8 Å². The van der Waals surface area contributed by atoms with E-state index in [1.165, 1.54) is 22.1 Å². The van der Waals surface area contributed by atoms with E-state index < -0.39 is 35.3 Å². The first kappa shape index (κ1) is 27.7. The maximum atomic E-state index is 14.8. The molecule has 1 aromatic heterocycles. The number of amides is 3. The van der Waals surface area contributed by atoms with Crippen molar-refractivity contribution in [2.24, 2.45) is 0 Å². The van der Waals surface area contributed by atoms with Gasteiger partial charge in [0.15, 0.2) is 0 Å². The molecule has 1 N–H and O–H groups in total. The van der Waals surface area contributed by atoms with E-state index in [0.717, 1.165) is 18.2 Å². The SMILES string of the molecule is CC(C)(C)OC(=O)N1CCN(C(=O)Nc2c(-c3cc(F)ccc3F)ccnc2C2CCC(F)(F)CC2)CC1. The van der Waals surface area contributed by atoms with Crippen LogP contribution in [0.3, 0.4) is 0 Å². The Bertz CT molecular complexity index is 1180. The molecule has 0 bridgehead atoms. The van der Waals surface area contributed by atoms with Crippen molar-refractivity contribution < 1.29 is 31.9 Å². The number of hydrogen-bond donors (Lipinski definition) is 1. The summed E-state index contributed by atoms with van der Waals surface area (Å²) < 4.78 is 61.9. The van der Waals surface area contributed by atoms with Gasteiger partial charge < -0.3 is 19.9 Å². The highest BCUT2D eigenvalue weighted by Crippen LogP contribution is 2.44. The van der Waals surface area contributed by atoms with E-state index in [9.17, 15) is 27.2 Å². The van der Waals surface area contributed by atoms with Crippen LogP contribution in [0.15, 0.2) is 30.5 Å². The lowest BCUT2D eigenvalue weighted by molar-refractivity contribution is -0.0384. The van der Waals surface area contributed by atoms with Crippen LogP contribution in [0.2, 0.25) is 0 Å². The Labute approximate surface area is 219 Å². The van der Waals surface area contributed by atoms with Crippen molar-refractivity contribution in [3.05, 3.63) is 47.8 Å². The van der Waals surface area contributed by atoms with E-state index in [2.05, 4.69) is 10.3 Å². The second-order valence-electron chi connectivity index (χ2n) is 10.8. The summed E-state index contributed by atoms with van der Waals surface area (Å²) >= 11 is 0. The van der Waals surface area contributed by atoms with Gasteiger partial charge in [0.1, 0.15) is 17.2 Å². The fourth-order valence-electron chi connectivity index (χ4n) is 4.77. The molecule has 38 heavy (non-hydrogen) atoms. The van der Waals surface area contributed by atoms with Crippen molar-refractivity contribution in [1.82, 2.24) is 14.8 Å². The van der Waals surface area contributed by atoms with Crippen LogP contribution in [-0.4, -0.2) is 64.6 Å². The van der Waals surface area contributed by atoms with Gasteiger partial charge in [0, 0.05) is 62.3 Å². The molecular weight excluding hydrogens is 504 g/mol. The molecule has 206 valence electrons. The minimum Gasteiger partial charge on any atom is -0.444 e. The first-order chi connectivity index (χ1) is 17.8. The highest BCUT2D eigenvalue weighted by molar-refractivity contribution is 5.95. The number of urea groups is 1. The number of ether oxygens (including phenoxy) is 1. The lowest BCUT2D eigenvalue weighted by atomic mass is 9.83. The van der Waals surface area contributed by atoms with Gasteiger partial charge in [-0.05, 0) is 57.9 Å². The van der Waals surface area contributed by atoms with Crippen molar-refractivity contribution in [2.75, 3.05) is 31.5 Å². The molecule has 11 heteroatoms. The molecule has 2 aromatic rings. The third kappa shape index (κ3) is 6.54. The summed E-state index contributed by atoms with van der Waals surface area (Å²) in [5, 5.41) is 2.81. The van der Waals surface area contributed by atoms with Crippen LogP contribution in [-0.2, 0) is 4.74 Å². The number of rotatable bonds is 3. The first-order valence-corrected chi connectivity index (χ1v) is 12.7. The molecule has 0 spiro atoms. The maximum Gasteiger partial charge on any atom is 0.410 e. The summed E-state index contributed by atoms with van der Waals surface area (Å²) in [6, 6.07) is 3.97. The molecule has 2 heterocycles. The summed E-state index contributed by atoms with van der Waals surface area (Å²) in [4.78, 5) is 33.1. The molecule has 1 aliphatic heterocycles. The number of hydrogen-bond acceptors (Lipinski definition) is 4. The highest BCUT2D eigenvalue weighted by atomic mass is 19.3. The van der Waals surface area contributed by atoms with Gasteiger partial charge in [0.05, 0.1) is 11.4 Å². The third-order valence-electron chi connectivity index (χ3n) is 6.75. The van der Waals surface area contributed by atoms with Gasteiger partial charge in [-0.15, -0.1) is 0 Å². The van der Waals surface area contributed by atoms with Crippen molar-refractivity contribution in [1.29, 1.82) is 0 Å². The number of piperazine rings is 1. The number of halogens is 4. The number of benzene rings is 1. The van der Waals surface area contributed by atoms with Gasteiger partial charge >= 0.3 is 12.1 Å². The monoisotopic (exact) mass is 536 g/mol. The standard InChI is InChI=1S/C27H32F4N4O3/c1-26(2,3)38-25(37)35-14-12-34(13-15-35)24(36)33-23-19(20-16-18(28)4-5-21(20)29)8-11-32-22(23)17-6-9-27(30,31)10-7-17/h4-5,8,11,16-17H,6-7,9-10,12-15H2,1-3H3,(H,33,36). The number of aromatic nitrogens is 1. The molecule has 2 aliphatic rings. The summed E-state index contributed by atoms with van der Waals surface area (Å²) in [5.74, 6) is -4.50. The Balaban J connectivity index is 1.58. The first-order valence-electron chi connectivity index (χ1n) is 12.7. The fraction of sp³-hybridized carbons (Fsp3) is 0.519. The molecule has 1 saturated heterocycles. The van der Waals surface area contributed by atoms with E-state index in [1.807, 2.05) is 0 Å². The third-order valence-corrected chi connectivity index (χ3v) is 6.75. The molecule has 1 aliphatic carbocycles. The van der Waals surface area contributed by atoms with Crippen molar-refractivity contribution in [3.8, 4) is 11.1 Å². The average Bonchev–Trinajstić information content (AvgIpc) is 2.85. The number of nitrogens with one attached hydrogen (secondary N) is 1. The Hall–Kier alpha value is -3.37. The summed E-state index contributed by atoms with van der Waals surface area (Å²) in [6.07, 6.45) is 0.594. The Morgan fingerprint density at radius 1 is 1.00 bits per heavy atom. The molecule has 7 nitrogen and oxygen atoms in total. The molecule has 0 atom stereocenters. The number of carbonyl (C=O) groups is 2. The highest BCUT2D eigenvalue weighted by Gasteiger charge is 2.37. The topological polar surface area (TPSA) is 74.8 Å². The summed E-state index contributed by atoms with van der Waals surface area (Å²) in [7, 11) is 0. The van der Waals surface area contributed by atoms with Crippen LogP contribution in [0.4, 0.5) is 32.8 Å². The Kier molecular flexibility index (Phi) is 7.85. The zero-order valence-electron chi connectivity index (χ0n) is 21.7. The number of alkyl halides is 2. The van der Waals surface area contributed by atoms with Crippen LogP contribution in [0.25, 0.3) is 11.1 Å². The molecule has 4 rings (SSSR count). The number of pyridine rings is 1. The number of carbonyl (C=O) groups excluding carboxylic acids is 2. The van der Waals surface area contributed by atoms with Crippen LogP contribution in [0.1, 0.15) is 58.1 Å². The summed E-state index contributed by atoms with van der Waals surface area (Å²) in [5.41, 5.74) is 0.0349. The molecule has 1 aromatic carbocycles. The second-order valence-corrected chi connectivity index (χ2v) is 10.8. The van der Waals surface area contributed by atoms with Gasteiger partial charge in [-0.3, -0.25) is 4.98 Å². The number of anilines is 1. The van der Waals surface area contributed by atoms with Crippen molar-refractivity contribution in [3.63, 3.8) is 0 Å². The van der Waals surface area contributed by atoms with Crippen molar-refractivity contribution >= 4 is 17.8 Å². The predicted octanol–water partition coefficient (Wildman–Crippen LogP) is 6.40. The van der Waals surface area contributed by atoms with Crippen molar-refractivity contribution in [2.45, 2.75) is 63.9 Å². The zero-order valence-corrected chi connectivity index (χ0v) is 21.7. The maximum absolute atomic E-state index is 14.8. The zero-order chi connectivity index (χ0) is 27.7. The molecule has 3 amide bonds. The smallest absolute Gasteiger partial charge is 0.410 e. The lowest BCUT2D eigenvalue weighted by Crippen LogP contribution is -2.52. The Morgan fingerprint density at radius 2 is 1.63 bits per heavy atom. The average molecular weight is 537 g/mol. The van der Waals surface area contributed by atoms with E-state index in [4.69, 9.17) is 4.74 Å². The van der Waals surface area contributed by atoms with E-state index >= 15 is 0 Å². The van der Waals surface area contributed by atoms with E-state index in [0.29, 0.717) is 5.69 Å². The van der Waals surface area contributed by atoms with Crippen LogP contribution >= 0.6 is 0 Å².